The average molecular weight is 262 g/mol. The summed E-state index contributed by atoms with van der Waals surface area (Å²) >= 11 is 2.83. The lowest BCUT2D eigenvalue weighted by Crippen LogP contribution is -2.05. The van der Waals surface area contributed by atoms with Crippen molar-refractivity contribution < 1.29 is 13.6 Å². The summed E-state index contributed by atoms with van der Waals surface area (Å²) in [5, 5.41) is 0. The Balaban J connectivity index is 3.10. The summed E-state index contributed by atoms with van der Waals surface area (Å²) < 4.78 is 26.0. The minimum atomic E-state index is -0.715. The number of benzene rings is 1. The Bertz CT molecular complexity index is 404. The molecule has 0 aliphatic rings. The molecule has 0 aliphatic heterocycles. The molecule has 1 aromatic carbocycles. The SMILES string of the molecule is NC(=O)C=Cc1cc(F)c(Br)cc1F. The molecule has 2 N–H and O–H groups in total. The van der Waals surface area contributed by atoms with Crippen LogP contribution in [0, 0.1) is 11.6 Å². The Kier molecular flexibility index (Phi) is 3.35. The molecule has 1 amide bonds. The predicted octanol–water partition coefficient (Wildman–Crippen LogP) is 2.23. The molecular weight excluding hydrogens is 256 g/mol. The molecule has 0 fully saturated rings. The van der Waals surface area contributed by atoms with Gasteiger partial charge in [-0.3, -0.25) is 4.79 Å². The fraction of sp³-hybridized carbons (Fsp3) is 0. The number of carbonyl (C=O) groups is 1. The molecule has 0 saturated carbocycles. The van der Waals surface area contributed by atoms with Gasteiger partial charge in [-0.15, -0.1) is 0 Å². The van der Waals surface area contributed by atoms with Crippen molar-refractivity contribution in [1.82, 2.24) is 0 Å². The maximum absolute atomic E-state index is 13.1. The van der Waals surface area contributed by atoms with Crippen LogP contribution in [0.25, 0.3) is 6.08 Å². The summed E-state index contributed by atoms with van der Waals surface area (Å²) in [6.07, 6.45) is 2.08. The van der Waals surface area contributed by atoms with Crippen LogP contribution in [-0.2, 0) is 4.79 Å². The van der Waals surface area contributed by atoms with E-state index in [4.69, 9.17) is 5.73 Å². The lowest BCUT2D eigenvalue weighted by molar-refractivity contribution is -0.113. The van der Waals surface area contributed by atoms with Crippen molar-refractivity contribution in [3.8, 4) is 0 Å². The topological polar surface area (TPSA) is 43.1 Å². The molecule has 1 rings (SSSR count). The molecule has 0 spiro atoms. The summed E-state index contributed by atoms with van der Waals surface area (Å²) in [7, 11) is 0. The first kappa shape index (κ1) is 10.8. The van der Waals surface area contributed by atoms with Gasteiger partial charge in [0.1, 0.15) is 11.6 Å². The standard InChI is InChI=1S/C9H6BrF2NO/c10-6-4-7(11)5(3-8(6)12)1-2-9(13)14/h1-4H,(H2,13,14). The second-order valence-electron chi connectivity index (χ2n) is 2.52. The van der Waals surface area contributed by atoms with Gasteiger partial charge in [0.2, 0.25) is 5.91 Å². The Morgan fingerprint density at radius 2 is 2.00 bits per heavy atom. The van der Waals surface area contributed by atoms with Gasteiger partial charge in [-0.25, -0.2) is 8.78 Å². The molecule has 0 aromatic heterocycles. The summed E-state index contributed by atoms with van der Waals surface area (Å²) in [5.74, 6) is -1.95. The number of hydrogen-bond acceptors (Lipinski definition) is 1. The third-order valence-corrected chi connectivity index (χ3v) is 2.07. The number of carbonyl (C=O) groups excluding carboxylic acids is 1. The number of primary amides is 1. The quantitative estimate of drug-likeness (QED) is 0.644. The highest BCUT2D eigenvalue weighted by Gasteiger charge is 2.05. The van der Waals surface area contributed by atoms with E-state index in [0.29, 0.717) is 0 Å². The van der Waals surface area contributed by atoms with E-state index in [-0.39, 0.29) is 10.0 Å². The highest BCUT2D eigenvalue weighted by atomic mass is 79.9. The minimum absolute atomic E-state index is 0.0236. The van der Waals surface area contributed by atoms with Crippen molar-refractivity contribution >= 4 is 27.9 Å². The largest absolute Gasteiger partial charge is 0.366 e. The molecule has 0 unspecified atom stereocenters. The third-order valence-electron chi connectivity index (χ3n) is 1.47. The van der Waals surface area contributed by atoms with Crippen LogP contribution in [0.4, 0.5) is 8.78 Å². The van der Waals surface area contributed by atoms with Gasteiger partial charge in [0.15, 0.2) is 0 Å². The van der Waals surface area contributed by atoms with Gasteiger partial charge < -0.3 is 5.73 Å². The van der Waals surface area contributed by atoms with Crippen LogP contribution >= 0.6 is 15.9 Å². The lowest BCUT2D eigenvalue weighted by Gasteiger charge is -1.99. The smallest absolute Gasteiger partial charge is 0.241 e. The van der Waals surface area contributed by atoms with Crippen molar-refractivity contribution in [3.05, 3.63) is 39.9 Å². The van der Waals surface area contributed by atoms with Crippen molar-refractivity contribution in [3.63, 3.8) is 0 Å². The number of amides is 1. The Morgan fingerprint density at radius 3 is 2.57 bits per heavy atom. The molecule has 74 valence electrons. The monoisotopic (exact) mass is 261 g/mol. The highest BCUT2D eigenvalue weighted by Crippen LogP contribution is 2.20. The van der Waals surface area contributed by atoms with Crippen molar-refractivity contribution in [2.45, 2.75) is 0 Å². The van der Waals surface area contributed by atoms with Gasteiger partial charge in [0.25, 0.3) is 0 Å². The molecule has 5 heteroatoms. The van der Waals surface area contributed by atoms with E-state index < -0.39 is 17.5 Å². The first-order valence-corrected chi connectivity index (χ1v) is 4.42. The normalized spacial score (nSPS) is 10.8. The van der Waals surface area contributed by atoms with E-state index in [9.17, 15) is 13.6 Å². The molecule has 0 bridgehead atoms. The molecule has 1 aromatic rings. The van der Waals surface area contributed by atoms with Crippen LogP contribution in [0.5, 0.6) is 0 Å². The molecule has 0 heterocycles. The van der Waals surface area contributed by atoms with Gasteiger partial charge in [0, 0.05) is 11.6 Å². The Morgan fingerprint density at radius 1 is 1.36 bits per heavy atom. The van der Waals surface area contributed by atoms with Gasteiger partial charge in [0.05, 0.1) is 4.47 Å². The van der Waals surface area contributed by atoms with Gasteiger partial charge in [-0.2, -0.15) is 0 Å². The van der Waals surface area contributed by atoms with Crippen molar-refractivity contribution in [2.75, 3.05) is 0 Å². The zero-order valence-corrected chi connectivity index (χ0v) is 8.51. The van der Waals surface area contributed by atoms with Crippen LogP contribution in [0.2, 0.25) is 0 Å². The van der Waals surface area contributed by atoms with E-state index in [1.807, 2.05) is 0 Å². The fourth-order valence-corrected chi connectivity index (χ4v) is 1.15. The number of hydrogen-bond donors (Lipinski definition) is 1. The van der Waals surface area contributed by atoms with Crippen molar-refractivity contribution in [1.29, 1.82) is 0 Å². The Hall–Kier alpha value is -1.23. The van der Waals surface area contributed by atoms with Gasteiger partial charge in [-0.1, -0.05) is 0 Å². The predicted molar refractivity (Wildman–Crippen MR) is 52.3 cm³/mol. The zero-order chi connectivity index (χ0) is 10.7. The van der Waals surface area contributed by atoms with Crippen molar-refractivity contribution in [2.24, 2.45) is 5.73 Å². The van der Waals surface area contributed by atoms with Gasteiger partial charge >= 0.3 is 0 Å². The summed E-state index contributed by atoms with van der Waals surface area (Å²) in [4.78, 5) is 10.3. The first-order valence-electron chi connectivity index (χ1n) is 3.63. The summed E-state index contributed by atoms with van der Waals surface area (Å²) in [5.41, 5.74) is 4.78. The van der Waals surface area contributed by atoms with Crippen LogP contribution < -0.4 is 5.73 Å². The lowest BCUT2D eigenvalue weighted by atomic mass is 10.2. The molecule has 0 radical (unpaired) electrons. The average Bonchev–Trinajstić information content (AvgIpc) is 2.09. The van der Waals surface area contributed by atoms with E-state index in [1.165, 1.54) is 0 Å². The van der Waals surface area contributed by atoms with E-state index in [2.05, 4.69) is 15.9 Å². The molecule has 2 nitrogen and oxygen atoms in total. The number of halogens is 3. The molecule has 0 saturated heterocycles. The van der Waals surface area contributed by atoms with E-state index >= 15 is 0 Å². The fourth-order valence-electron chi connectivity index (χ4n) is 0.838. The second kappa shape index (κ2) is 4.32. The number of rotatable bonds is 2. The van der Waals surface area contributed by atoms with Gasteiger partial charge in [-0.05, 0) is 34.1 Å². The third kappa shape index (κ3) is 2.63. The molecular formula is C9H6BrF2NO. The van der Waals surface area contributed by atoms with Crippen LogP contribution in [0.3, 0.4) is 0 Å². The van der Waals surface area contributed by atoms with E-state index in [1.54, 1.807) is 0 Å². The molecule has 0 atom stereocenters. The Labute approximate surface area is 87.5 Å². The second-order valence-corrected chi connectivity index (χ2v) is 3.38. The molecule has 14 heavy (non-hydrogen) atoms. The van der Waals surface area contributed by atoms with Crippen LogP contribution in [0.1, 0.15) is 5.56 Å². The first-order chi connectivity index (χ1) is 6.50. The van der Waals surface area contributed by atoms with Crippen LogP contribution in [0.15, 0.2) is 22.7 Å². The van der Waals surface area contributed by atoms with E-state index in [0.717, 1.165) is 24.3 Å². The molecule has 0 aliphatic carbocycles. The summed E-state index contributed by atoms with van der Waals surface area (Å²) in [6.45, 7) is 0. The number of nitrogens with two attached hydrogens (primary N) is 1. The maximum atomic E-state index is 13.1. The summed E-state index contributed by atoms with van der Waals surface area (Å²) in [6, 6.07) is 1.95. The van der Waals surface area contributed by atoms with Crippen LogP contribution in [-0.4, -0.2) is 5.91 Å². The highest BCUT2D eigenvalue weighted by molar-refractivity contribution is 9.10. The maximum Gasteiger partial charge on any atom is 0.241 e. The minimum Gasteiger partial charge on any atom is -0.366 e. The zero-order valence-electron chi connectivity index (χ0n) is 6.93.